The second kappa shape index (κ2) is 24.7. The van der Waals surface area contributed by atoms with E-state index in [2.05, 4.69) is 57.6 Å². The first-order valence-corrected chi connectivity index (χ1v) is 25.1. The monoisotopic (exact) mass is 1040 g/mol. The Morgan fingerprint density at radius 3 is 1.81 bits per heavy atom. The number of nitrogens with zero attached hydrogens (tertiary/aromatic N) is 8. The van der Waals surface area contributed by atoms with Crippen molar-refractivity contribution >= 4 is 74.1 Å². The minimum Gasteiger partial charge on any atom is -0.491 e. The average Bonchev–Trinajstić information content (AvgIpc) is 3.46. The number of carbonyl (C=O) groups excluding carboxylic acids is 2. The first-order valence-electron chi connectivity index (χ1n) is 25.1. The third-order valence-electron chi connectivity index (χ3n) is 12.7. The van der Waals surface area contributed by atoms with Gasteiger partial charge in [-0.2, -0.15) is 0 Å². The number of morpholine rings is 2. The summed E-state index contributed by atoms with van der Waals surface area (Å²) in [6.07, 6.45) is 9.21. The van der Waals surface area contributed by atoms with Crippen LogP contribution in [0, 0.1) is 11.6 Å². The number of ether oxygens (including phenoxy) is 4. The second-order valence-corrected chi connectivity index (χ2v) is 17.9. The maximum atomic E-state index is 15.0. The van der Waals surface area contributed by atoms with Crippen LogP contribution in [0.1, 0.15) is 12.2 Å². The molecule has 0 spiro atoms. The van der Waals surface area contributed by atoms with E-state index in [1.54, 1.807) is 97.3 Å². The number of anilines is 6. The fraction of sp³-hybridized carbons (Fsp3) is 0.228. The minimum absolute atomic E-state index is 0.146. The normalized spacial score (nSPS) is 14.1. The number of hydrogen-bond donors (Lipinski definition) is 4. The molecule has 0 aliphatic carbocycles. The van der Waals surface area contributed by atoms with Gasteiger partial charge in [0.25, 0.3) is 0 Å². The molecular formula is C57H54F2N12O6. The molecule has 2 aliphatic rings. The molecule has 0 radical (unpaired) electrons. The zero-order chi connectivity index (χ0) is 52.9. The summed E-state index contributed by atoms with van der Waals surface area (Å²) >= 11 is 0. The zero-order valence-electron chi connectivity index (χ0n) is 41.9. The van der Waals surface area contributed by atoms with Crippen LogP contribution in [-0.2, 0) is 19.1 Å². The van der Waals surface area contributed by atoms with Crippen molar-refractivity contribution in [2.75, 3.05) is 100 Å². The van der Waals surface area contributed by atoms with E-state index in [0.717, 1.165) is 32.7 Å². The number of halogens is 2. The van der Waals surface area contributed by atoms with Gasteiger partial charge in [0.05, 0.1) is 66.8 Å². The number of hydrogen-bond acceptors (Lipinski definition) is 16. The third-order valence-corrected chi connectivity index (χ3v) is 12.7. The standard InChI is InChI=1S/C57H54F2N12O6/c1-2-54(72)67-49-33-42-48(35-52(49)76-24-7-18-70-19-25-74-26-20-70)66-53(69-57(42)65-38-15-17-61-46(31-38)40-9-4-6-11-44(40)59)12-13-55(73)68-50-32-41-47(34-51(50)77-29-23-71-21-27-75-28-22-71)62-36-63-56(41)64-37-14-16-60-45(30-37)39-8-3-5-10-43(39)58/h2-6,8-17,30-36H,1,7,18-29H2,(H,67,72)(H,68,73)(H,60,62,63,64)(H,61,65,66,69)/b13-12+. The van der Waals surface area contributed by atoms with Gasteiger partial charge in [-0.05, 0) is 79.2 Å². The number of benzene rings is 4. The van der Waals surface area contributed by atoms with E-state index >= 15 is 0 Å². The Morgan fingerprint density at radius 2 is 1.18 bits per heavy atom. The number of rotatable bonds is 20. The molecule has 6 heterocycles. The number of fused-ring (bicyclic) bond motifs is 2. The van der Waals surface area contributed by atoms with Crippen LogP contribution in [0.15, 0.2) is 135 Å². The fourth-order valence-corrected chi connectivity index (χ4v) is 8.80. The lowest BCUT2D eigenvalue weighted by Gasteiger charge is -2.26. The number of amides is 2. The molecule has 0 saturated carbocycles. The van der Waals surface area contributed by atoms with Crippen molar-refractivity contribution in [1.82, 2.24) is 39.7 Å². The van der Waals surface area contributed by atoms with Crippen LogP contribution in [0.25, 0.3) is 50.4 Å². The van der Waals surface area contributed by atoms with Crippen LogP contribution in [0.5, 0.6) is 11.5 Å². The summed E-state index contributed by atoms with van der Waals surface area (Å²) < 4.78 is 53.5. The van der Waals surface area contributed by atoms with Crippen LogP contribution < -0.4 is 30.7 Å². The van der Waals surface area contributed by atoms with Crippen molar-refractivity contribution in [2.45, 2.75) is 6.42 Å². The molecule has 392 valence electrons. The molecule has 4 aromatic heterocycles. The Kier molecular flexibility index (Phi) is 16.6. The number of nitrogens with one attached hydrogen (secondary N) is 4. The van der Waals surface area contributed by atoms with Gasteiger partial charge in [-0.1, -0.05) is 30.8 Å². The highest BCUT2D eigenvalue weighted by Crippen LogP contribution is 2.37. The lowest BCUT2D eigenvalue weighted by Crippen LogP contribution is -2.38. The topological polar surface area (TPSA) is 203 Å². The molecule has 2 amide bonds. The first-order chi connectivity index (χ1) is 37.7. The second-order valence-electron chi connectivity index (χ2n) is 17.9. The molecule has 18 nitrogen and oxygen atoms in total. The van der Waals surface area contributed by atoms with Crippen molar-refractivity contribution in [1.29, 1.82) is 0 Å². The summed E-state index contributed by atoms with van der Waals surface area (Å²) in [5.74, 6) is -0.221. The van der Waals surface area contributed by atoms with Gasteiger partial charge in [0, 0.05) is 103 Å². The fourth-order valence-electron chi connectivity index (χ4n) is 8.80. The smallest absolute Gasteiger partial charge is 0.248 e. The lowest BCUT2D eigenvalue weighted by molar-refractivity contribution is -0.112. The lowest BCUT2D eigenvalue weighted by atomic mass is 10.1. The van der Waals surface area contributed by atoms with Crippen molar-refractivity contribution in [2.24, 2.45) is 0 Å². The maximum Gasteiger partial charge on any atom is 0.248 e. The van der Waals surface area contributed by atoms with E-state index in [9.17, 15) is 18.4 Å². The SMILES string of the molecule is C=CC(=O)Nc1cc2c(Nc3ccnc(-c4ccccc4F)c3)nc(/C=C/C(=O)Nc3cc4c(Nc5ccnc(-c6ccccc6F)c5)ncnc4cc3OCCN3CCOCC3)nc2cc1OCCCN1CCOCC1. The van der Waals surface area contributed by atoms with E-state index < -0.39 is 23.4 Å². The predicted molar refractivity (Wildman–Crippen MR) is 292 cm³/mol. The third kappa shape index (κ3) is 13.2. The first kappa shape index (κ1) is 51.7. The Balaban J connectivity index is 0.971. The molecule has 2 aliphatic heterocycles. The summed E-state index contributed by atoms with van der Waals surface area (Å²) in [5.41, 5.74) is 4.24. The van der Waals surface area contributed by atoms with Crippen LogP contribution in [0.3, 0.4) is 0 Å². The van der Waals surface area contributed by atoms with Gasteiger partial charge in [0.1, 0.15) is 47.7 Å². The largest absolute Gasteiger partial charge is 0.491 e. The van der Waals surface area contributed by atoms with E-state index in [1.165, 1.54) is 36.7 Å². The van der Waals surface area contributed by atoms with E-state index in [4.69, 9.17) is 28.9 Å². The van der Waals surface area contributed by atoms with Crippen molar-refractivity contribution in [3.63, 3.8) is 0 Å². The molecule has 2 saturated heterocycles. The molecule has 0 bridgehead atoms. The number of pyridine rings is 2. The van der Waals surface area contributed by atoms with Gasteiger partial charge >= 0.3 is 0 Å². The highest BCUT2D eigenvalue weighted by atomic mass is 19.1. The van der Waals surface area contributed by atoms with Gasteiger partial charge in [0.15, 0.2) is 5.82 Å². The molecule has 77 heavy (non-hydrogen) atoms. The number of carbonyl (C=O) groups is 2. The van der Waals surface area contributed by atoms with E-state index in [0.29, 0.717) is 143 Å². The van der Waals surface area contributed by atoms with Gasteiger partial charge in [-0.15, -0.1) is 0 Å². The van der Waals surface area contributed by atoms with Gasteiger partial charge < -0.3 is 40.2 Å². The predicted octanol–water partition coefficient (Wildman–Crippen LogP) is 9.05. The maximum absolute atomic E-state index is 15.0. The molecule has 4 N–H and O–H groups in total. The van der Waals surface area contributed by atoms with Crippen LogP contribution in [0.4, 0.5) is 43.2 Å². The summed E-state index contributed by atoms with van der Waals surface area (Å²) in [6.45, 7) is 11.6. The highest BCUT2D eigenvalue weighted by Gasteiger charge is 2.19. The molecule has 4 aromatic carbocycles. The highest BCUT2D eigenvalue weighted by molar-refractivity contribution is 6.06. The summed E-state index contributed by atoms with van der Waals surface area (Å²) in [7, 11) is 0. The summed E-state index contributed by atoms with van der Waals surface area (Å²) in [6, 6.07) is 26.5. The molecule has 2 fully saturated rings. The van der Waals surface area contributed by atoms with Gasteiger partial charge in [-0.3, -0.25) is 29.4 Å². The Bertz CT molecular complexity index is 3460. The summed E-state index contributed by atoms with van der Waals surface area (Å²) in [5, 5.41) is 13.6. The molecule has 0 unspecified atom stereocenters. The Labute approximate surface area is 442 Å². The molecule has 0 atom stereocenters. The number of aromatic nitrogens is 6. The van der Waals surface area contributed by atoms with Gasteiger partial charge in [0.2, 0.25) is 11.8 Å². The van der Waals surface area contributed by atoms with E-state index in [-0.39, 0.29) is 5.82 Å². The van der Waals surface area contributed by atoms with Crippen molar-refractivity contribution in [3.8, 4) is 34.0 Å². The van der Waals surface area contributed by atoms with Crippen LogP contribution >= 0.6 is 0 Å². The van der Waals surface area contributed by atoms with Crippen molar-refractivity contribution in [3.05, 3.63) is 152 Å². The van der Waals surface area contributed by atoms with Gasteiger partial charge in [-0.25, -0.2) is 28.7 Å². The quantitative estimate of drug-likeness (QED) is 0.0415. The van der Waals surface area contributed by atoms with Crippen LogP contribution in [-0.4, -0.2) is 130 Å². The Hall–Kier alpha value is -8.82. The molecule has 20 heteroatoms. The Morgan fingerprint density at radius 1 is 0.623 bits per heavy atom. The van der Waals surface area contributed by atoms with Crippen LogP contribution in [0.2, 0.25) is 0 Å². The molecular weight excluding hydrogens is 987 g/mol. The van der Waals surface area contributed by atoms with Crippen molar-refractivity contribution < 1.29 is 37.3 Å². The average molecular weight is 1040 g/mol. The summed E-state index contributed by atoms with van der Waals surface area (Å²) in [4.78, 5) is 59.1. The zero-order valence-corrected chi connectivity index (χ0v) is 41.9. The van der Waals surface area contributed by atoms with E-state index in [1.807, 2.05) is 0 Å². The molecule has 8 aromatic rings. The molecule has 10 rings (SSSR count). The minimum atomic E-state index is -0.536.